The molecular formula is C13H14BrN3O. The molecule has 2 atom stereocenters. The molecule has 0 saturated heterocycles. The molecule has 1 aromatic heterocycles. The van der Waals surface area contributed by atoms with E-state index in [1.165, 1.54) is 0 Å². The highest BCUT2D eigenvalue weighted by atomic mass is 79.9. The Morgan fingerprint density at radius 2 is 2.33 bits per heavy atom. The van der Waals surface area contributed by atoms with Crippen molar-refractivity contribution in [2.24, 2.45) is 12.8 Å². The van der Waals surface area contributed by atoms with Gasteiger partial charge in [0.2, 0.25) is 0 Å². The maximum Gasteiger partial charge on any atom is 0.129 e. The molecular weight excluding hydrogens is 294 g/mol. The zero-order valence-corrected chi connectivity index (χ0v) is 11.6. The fourth-order valence-electron chi connectivity index (χ4n) is 2.29. The number of ether oxygens (including phenoxy) is 1. The van der Waals surface area contributed by atoms with Crippen molar-refractivity contribution < 1.29 is 4.74 Å². The number of rotatable bonds is 1. The summed E-state index contributed by atoms with van der Waals surface area (Å²) in [5, 5.41) is 4.18. The molecule has 1 aromatic carbocycles. The van der Waals surface area contributed by atoms with Crippen LogP contribution in [-0.2, 0) is 7.05 Å². The van der Waals surface area contributed by atoms with Gasteiger partial charge in [-0.1, -0.05) is 22.0 Å². The number of aromatic nitrogens is 2. The molecule has 1 aliphatic rings. The summed E-state index contributed by atoms with van der Waals surface area (Å²) >= 11 is 3.45. The first-order valence-corrected chi connectivity index (χ1v) is 6.63. The predicted octanol–water partition coefficient (Wildman–Crippen LogP) is 2.71. The van der Waals surface area contributed by atoms with Gasteiger partial charge in [-0.3, -0.25) is 4.68 Å². The summed E-state index contributed by atoms with van der Waals surface area (Å²) < 4.78 is 8.80. The minimum Gasteiger partial charge on any atom is -0.485 e. The Balaban J connectivity index is 1.95. The Hall–Kier alpha value is -1.33. The van der Waals surface area contributed by atoms with Gasteiger partial charge < -0.3 is 10.5 Å². The van der Waals surface area contributed by atoms with Gasteiger partial charge in [-0.05, 0) is 12.1 Å². The first kappa shape index (κ1) is 11.7. The molecule has 4 nitrogen and oxygen atoms in total. The lowest BCUT2D eigenvalue weighted by atomic mass is 9.95. The van der Waals surface area contributed by atoms with Crippen LogP contribution < -0.4 is 10.5 Å². The Bertz CT molecular complexity index is 581. The van der Waals surface area contributed by atoms with Crippen molar-refractivity contribution in [3.8, 4) is 5.75 Å². The van der Waals surface area contributed by atoms with Crippen LogP contribution in [0.3, 0.4) is 0 Å². The van der Waals surface area contributed by atoms with Crippen molar-refractivity contribution in [1.29, 1.82) is 0 Å². The van der Waals surface area contributed by atoms with E-state index in [2.05, 4.69) is 21.0 Å². The van der Waals surface area contributed by atoms with Crippen molar-refractivity contribution in [3.05, 3.63) is 46.2 Å². The van der Waals surface area contributed by atoms with Gasteiger partial charge in [0.1, 0.15) is 11.9 Å². The van der Waals surface area contributed by atoms with Crippen LogP contribution in [0.2, 0.25) is 0 Å². The quantitative estimate of drug-likeness (QED) is 0.881. The summed E-state index contributed by atoms with van der Waals surface area (Å²) in [6.07, 6.45) is 4.57. The molecule has 0 amide bonds. The van der Waals surface area contributed by atoms with E-state index >= 15 is 0 Å². The van der Waals surface area contributed by atoms with Crippen LogP contribution in [0, 0.1) is 0 Å². The SMILES string of the molecule is Cn1cc(C2C[C@@H](N)c3ccc(Br)cc3O2)cn1. The van der Waals surface area contributed by atoms with E-state index in [-0.39, 0.29) is 12.1 Å². The molecule has 2 heterocycles. The first-order valence-electron chi connectivity index (χ1n) is 5.83. The van der Waals surface area contributed by atoms with Gasteiger partial charge in [0, 0.05) is 41.3 Å². The molecule has 0 spiro atoms. The van der Waals surface area contributed by atoms with Crippen LogP contribution in [0.15, 0.2) is 35.1 Å². The van der Waals surface area contributed by atoms with Crippen molar-refractivity contribution in [1.82, 2.24) is 9.78 Å². The number of nitrogens with two attached hydrogens (primary N) is 1. The second kappa shape index (κ2) is 4.40. The van der Waals surface area contributed by atoms with Crippen LogP contribution in [-0.4, -0.2) is 9.78 Å². The molecule has 2 N–H and O–H groups in total. The third-order valence-corrected chi connectivity index (χ3v) is 3.70. The van der Waals surface area contributed by atoms with Crippen molar-refractivity contribution in [2.45, 2.75) is 18.6 Å². The Labute approximate surface area is 114 Å². The number of halogens is 1. The summed E-state index contributed by atoms with van der Waals surface area (Å²) in [7, 11) is 1.90. The van der Waals surface area contributed by atoms with Gasteiger partial charge in [-0.2, -0.15) is 5.10 Å². The van der Waals surface area contributed by atoms with Crippen LogP contribution in [0.25, 0.3) is 0 Å². The summed E-state index contributed by atoms with van der Waals surface area (Å²) in [6.45, 7) is 0. The smallest absolute Gasteiger partial charge is 0.129 e. The number of hydrogen-bond donors (Lipinski definition) is 1. The van der Waals surface area contributed by atoms with Gasteiger partial charge in [0.05, 0.1) is 6.20 Å². The summed E-state index contributed by atoms with van der Waals surface area (Å²) in [6, 6.07) is 5.99. The van der Waals surface area contributed by atoms with Crippen molar-refractivity contribution in [3.63, 3.8) is 0 Å². The number of fused-ring (bicyclic) bond motifs is 1. The molecule has 0 radical (unpaired) electrons. The number of aryl methyl sites for hydroxylation is 1. The second-order valence-corrected chi connectivity index (χ2v) is 5.49. The molecule has 0 bridgehead atoms. The lowest BCUT2D eigenvalue weighted by Gasteiger charge is -2.29. The topological polar surface area (TPSA) is 53.1 Å². The highest BCUT2D eigenvalue weighted by Gasteiger charge is 2.27. The molecule has 94 valence electrons. The molecule has 3 rings (SSSR count). The number of nitrogens with zero attached hydrogens (tertiary/aromatic N) is 2. The maximum atomic E-state index is 6.21. The van der Waals surface area contributed by atoms with Crippen LogP contribution in [0.5, 0.6) is 5.75 Å². The van der Waals surface area contributed by atoms with E-state index in [0.717, 1.165) is 27.8 Å². The van der Waals surface area contributed by atoms with E-state index in [1.54, 1.807) is 4.68 Å². The Morgan fingerprint density at radius 1 is 1.50 bits per heavy atom. The minimum absolute atomic E-state index is 0.00653. The molecule has 1 unspecified atom stereocenters. The van der Waals surface area contributed by atoms with Gasteiger partial charge in [0.25, 0.3) is 0 Å². The van der Waals surface area contributed by atoms with E-state index in [9.17, 15) is 0 Å². The molecule has 0 saturated carbocycles. The Kier molecular flexibility index (Phi) is 2.87. The van der Waals surface area contributed by atoms with Crippen molar-refractivity contribution >= 4 is 15.9 Å². The van der Waals surface area contributed by atoms with Gasteiger partial charge in [-0.25, -0.2) is 0 Å². The van der Waals surface area contributed by atoms with E-state index in [0.29, 0.717) is 0 Å². The van der Waals surface area contributed by atoms with Crippen molar-refractivity contribution in [2.75, 3.05) is 0 Å². The largest absolute Gasteiger partial charge is 0.485 e. The van der Waals surface area contributed by atoms with E-state index in [1.807, 2.05) is 37.6 Å². The average molecular weight is 308 g/mol. The van der Waals surface area contributed by atoms with E-state index in [4.69, 9.17) is 10.5 Å². The highest BCUT2D eigenvalue weighted by Crippen LogP contribution is 2.40. The molecule has 1 aliphatic heterocycles. The summed E-state index contributed by atoms with van der Waals surface area (Å²) in [5.41, 5.74) is 8.34. The number of hydrogen-bond acceptors (Lipinski definition) is 3. The lowest BCUT2D eigenvalue weighted by Crippen LogP contribution is -2.23. The third kappa shape index (κ3) is 2.04. The number of benzene rings is 1. The predicted molar refractivity (Wildman–Crippen MR) is 72.3 cm³/mol. The molecule has 5 heteroatoms. The van der Waals surface area contributed by atoms with Gasteiger partial charge in [-0.15, -0.1) is 0 Å². The van der Waals surface area contributed by atoms with Gasteiger partial charge >= 0.3 is 0 Å². The monoisotopic (exact) mass is 307 g/mol. The summed E-state index contributed by atoms with van der Waals surface area (Å²) in [5.74, 6) is 0.858. The highest BCUT2D eigenvalue weighted by molar-refractivity contribution is 9.10. The normalized spacial score (nSPS) is 22.4. The van der Waals surface area contributed by atoms with Crippen LogP contribution >= 0.6 is 15.9 Å². The molecule has 0 fully saturated rings. The zero-order chi connectivity index (χ0) is 12.7. The molecule has 0 aliphatic carbocycles. The fraction of sp³-hybridized carbons (Fsp3) is 0.308. The molecule has 2 aromatic rings. The third-order valence-electron chi connectivity index (χ3n) is 3.21. The van der Waals surface area contributed by atoms with Crippen LogP contribution in [0.4, 0.5) is 0 Å². The second-order valence-electron chi connectivity index (χ2n) is 4.58. The summed E-state index contributed by atoms with van der Waals surface area (Å²) in [4.78, 5) is 0. The zero-order valence-electron chi connectivity index (χ0n) is 10.0. The lowest BCUT2D eigenvalue weighted by molar-refractivity contribution is 0.161. The first-order chi connectivity index (χ1) is 8.63. The minimum atomic E-state index is -0.0181. The Morgan fingerprint density at radius 3 is 3.06 bits per heavy atom. The molecule has 18 heavy (non-hydrogen) atoms. The maximum absolute atomic E-state index is 6.21. The standard InChI is InChI=1S/C13H14BrN3O/c1-17-7-8(6-16-17)12-5-11(15)10-3-2-9(14)4-13(10)18-12/h2-4,6-7,11-12H,5,15H2,1H3/t11-,12?/m1/s1. The van der Waals surface area contributed by atoms with Crippen LogP contribution in [0.1, 0.15) is 29.7 Å². The average Bonchev–Trinajstić information content (AvgIpc) is 2.75. The van der Waals surface area contributed by atoms with Gasteiger partial charge in [0.15, 0.2) is 0 Å². The fourth-order valence-corrected chi connectivity index (χ4v) is 2.63. The van der Waals surface area contributed by atoms with E-state index < -0.39 is 0 Å².